The monoisotopic (exact) mass is 516 g/mol. The van der Waals surface area contributed by atoms with Crippen LogP contribution in [0.1, 0.15) is 70.9 Å². The van der Waals surface area contributed by atoms with Gasteiger partial charge < -0.3 is 14.8 Å². The molecule has 1 saturated heterocycles. The van der Waals surface area contributed by atoms with E-state index >= 15 is 0 Å². The van der Waals surface area contributed by atoms with Crippen molar-refractivity contribution >= 4 is 28.8 Å². The van der Waals surface area contributed by atoms with Crippen LogP contribution in [0.25, 0.3) is 11.0 Å². The summed E-state index contributed by atoms with van der Waals surface area (Å²) in [4.78, 5) is 48.3. The summed E-state index contributed by atoms with van der Waals surface area (Å²) in [6, 6.07) is 5.22. The molecular formula is C27H40N4O6. The van der Waals surface area contributed by atoms with Crippen LogP contribution in [0, 0.1) is 0 Å². The molecule has 204 valence electrons. The van der Waals surface area contributed by atoms with Crippen LogP contribution in [0.4, 0.5) is 0 Å². The van der Waals surface area contributed by atoms with Crippen LogP contribution < -0.4 is 16.3 Å². The number of unbranched alkanes of at least 4 members (excludes halogenated alkanes) is 2. The van der Waals surface area contributed by atoms with E-state index < -0.39 is 17.6 Å². The summed E-state index contributed by atoms with van der Waals surface area (Å²) in [5.41, 5.74) is 1.90. The molecule has 37 heavy (non-hydrogen) atoms. The molecule has 2 amide bonds. The maximum absolute atomic E-state index is 12.9. The zero-order valence-electron chi connectivity index (χ0n) is 22.4. The molecule has 1 unspecified atom stereocenters. The van der Waals surface area contributed by atoms with Crippen LogP contribution in [0.5, 0.6) is 0 Å². The third kappa shape index (κ3) is 8.26. The van der Waals surface area contributed by atoms with E-state index in [1.165, 1.54) is 4.57 Å². The van der Waals surface area contributed by atoms with E-state index in [4.69, 9.17) is 9.47 Å². The first kappa shape index (κ1) is 28.6. The van der Waals surface area contributed by atoms with E-state index in [2.05, 4.69) is 10.6 Å². The Hall–Kier alpha value is -2.98. The molecular weight excluding hydrogens is 476 g/mol. The molecule has 3 rings (SSSR count). The van der Waals surface area contributed by atoms with Crippen molar-refractivity contribution in [2.75, 3.05) is 26.3 Å². The van der Waals surface area contributed by atoms with Crippen molar-refractivity contribution in [2.24, 2.45) is 7.05 Å². The lowest BCUT2D eigenvalue weighted by molar-refractivity contribution is -0.153. The maximum atomic E-state index is 12.9. The van der Waals surface area contributed by atoms with Crippen molar-refractivity contribution in [3.63, 3.8) is 0 Å². The molecule has 1 fully saturated rings. The number of piperidine rings is 1. The molecule has 0 saturated carbocycles. The maximum Gasteiger partial charge on any atom is 0.329 e. The normalized spacial score (nSPS) is 16.3. The SMILES string of the molecule is Cn1c(=O)n(C2CCC(=O)NC2=O)c2ccc(CCCCOCCCCNCC(=O)OC(C)(C)C)cc21. The Morgan fingerprint density at radius 3 is 2.51 bits per heavy atom. The van der Waals surface area contributed by atoms with Gasteiger partial charge in [-0.05, 0) is 83.5 Å². The Morgan fingerprint density at radius 1 is 1.08 bits per heavy atom. The van der Waals surface area contributed by atoms with Gasteiger partial charge in [0, 0.05) is 26.7 Å². The van der Waals surface area contributed by atoms with E-state index in [1.807, 2.05) is 39.0 Å². The lowest BCUT2D eigenvalue weighted by Gasteiger charge is -2.21. The largest absolute Gasteiger partial charge is 0.459 e. The average Bonchev–Trinajstić information content (AvgIpc) is 3.06. The molecule has 2 N–H and O–H groups in total. The smallest absolute Gasteiger partial charge is 0.329 e. The highest BCUT2D eigenvalue weighted by Crippen LogP contribution is 2.24. The molecule has 10 heteroatoms. The van der Waals surface area contributed by atoms with Gasteiger partial charge in [-0.3, -0.25) is 28.8 Å². The minimum atomic E-state index is -0.669. The van der Waals surface area contributed by atoms with Gasteiger partial charge in [-0.15, -0.1) is 0 Å². The van der Waals surface area contributed by atoms with Gasteiger partial charge in [0.15, 0.2) is 0 Å². The van der Waals surface area contributed by atoms with E-state index in [0.717, 1.165) is 49.7 Å². The number of carbonyl (C=O) groups excluding carboxylic acids is 3. The second-order valence-corrected chi connectivity index (χ2v) is 10.5. The van der Waals surface area contributed by atoms with Gasteiger partial charge in [-0.1, -0.05) is 6.07 Å². The molecule has 0 bridgehead atoms. The van der Waals surface area contributed by atoms with E-state index in [9.17, 15) is 19.2 Å². The standard InChI is InChI=1S/C27H40N4O6/c1-27(2,3)37-24(33)18-28-14-6-8-16-36-15-7-5-9-19-10-11-20-22(17-19)30(4)26(35)31(20)21-12-13-23(32)29-25(21)34/h10-11,17,21,28H,5-9,12-16,18H2,1-4H3,(H,29,32,34). The van der Waals surface area contributed by atoms with E-state index in [-0.39, 0.29) is 30.5 Å². The highest BCUT2D eigenvalue weighted by atomic mass is 16.6. The number of benzene rings is 1. The fourth-order valence-corrected chi connectivity index (χ4v) is 4.45. The van der Waals surface area contributed by atoms with Gasteiger partial charge in [-0.2, -0.15) is 0 Å². The lowest BCUT2D eigenvalue weighted by Crippen LogP contribution is -2.44. The van der Waals surface area contributed by atoms with Crippen molar-refractivity contribution in [1.82, 2.24) is 19.8 Å². The van der Waals surface area contributed by atoms with E-state index in [1.54, 1.807) is 11.6 Å². The van der Waals surface area contributed by atoms with E-state index in [0.29, 0.717) is 25.2 Å². The molecule has 1 aliphatic rings. The number of ether oxygens (including phenoxy) is 2. The summed E-state index contributed by atoms with van der Waals surface area (Å²) in [5.74, 6) is -0.961. The Balaban J connectivity index is 1.35. The second kappa shape index (κ2) is 13.0. The molecule has 2 heterocycles. The van der Waals surface area contributed by atoms with Crippen molar-refractivity contribution in [3.8, 4) is 0 Å². The number of esters is 1. The van der Waals surface area contributed by atoms with Crippen molar-refractivity contribution in [2.45, 2.75) is 77.4 Å². The fraction of sp³-hybridized carbons (Fsp3) is 0.630. The Labute approximate surface area is 217 Å². The Kier molecular flexibility index (Phi) is 10.0. The summed E-state index contributed by atoms with van der Waals surface area (Å²) in [6.07, 6.45) is 5.18. The summed E-state index contributed by atoms with van der Waals surface area (Å²) in [7, 11) is 1.71. The number of carbonyl (C=O) groups is 3. The number of aromatic nitrogens is 2. The molecule has 1 aromatic heterocycles. The van der Waals surface area contributed by atoms with Gasteiger partial charge in [-0.25, -0.2) is 4.79 Å². The zero-order valence-corrected chi connectivity index (χ0v) is 22.4. The van der Waals surface area contributed by atoms with Crippen LogP contribution >= 0.6 is 0 Å². The van der Waals surface area contributed by atoms with Crippen LogP contribution in [0.3, 0.4) is 0 Å². The first-order chi connectivity index (χ1) is 17.6. The summed E-state index contributed by atoms with van der Waals surface area (Å²) >= 11 is 0. The topological polar surface area (TPSA) is 121 Å². The third-order valence-electron chi connectivity index (χ3n) is 6.26. The predicted molar refractivity (Wildman–Crippen MR) is 140 cm³/mol. The van der Waals surface area contributed by atoms with Crippen LogP contribution in [-0.4, -0.2) is 58.8 Å². The van der Waals surface area contributed by atoms with Crippen molar-refractivity contribution in [1.29, 1.82) is 0 Å². The third-order valence-corrected chi connectivity index (χ3v) is 6.26. The molecule has 0 radical (unpaired) electrons. The number of imide groups is 1. The number of nitrogens with one attached hydrogen (secondary N) is 2. The number of aryl methyl sites for hydroxylation is 2. The molecule has 1 atom stereocenters. The molecule has 1 aliphatic heterocycles. The minimum Gasteiger partial charge on any atom is -0.459 e. The number of imidazole rings is 1. The highest BCUT2D eigenvalue weighted by Gasteiger charge is 2.31. The van der Waals surface area contributed by atoms with Gasteiger partial charge >= 0.3 is 11.7 Å². The van der Waals surface area contributed by atoms with Gasteiger partial charge in [0.2, 0.25) is 11.8 Å². The van der Waals surface area contributed by atoms with Crippen molar-refractivity contribution < 1.29 is 23.9 Å². The molecule has 1 aromatic carbocycles. The molecule has 0 spiro atoms. The number of hydrogen-bond acceptors (Lipinski definition) is 7. The Bertz CT molecular complexity index is 1160. The van der Waals surface area contributed by atoms with Crippen molar-refractivity contribution in [3.05, 3.63) is 34.2 Å². The number of rotatable bonds is 13. The van der Waals surface area contributed by atoms with Crippen LogP contribution in [0.2, 0.25) is 0 Å². The first-order valence-corrected chi connectivity index (χ1v) is 13.1. The Morgan fingerprint density at radius 2 is 1.81 bits per heavy atom. The average molecular weight is 517 g/mol. The first-order valence-electron chi connectivity index (χ1n) is 13.1. The van der Waals surface area contributed by atoms with Gasteiger partial charge in [0.05, 0.1) is 17.6 Å². The number of amides is 2. The predicted octanol–water partition coefficient (Wildman–Crippen LogP) is 2.37. The van der Waals surface area contributed by atoms with Crippen LogP contribution in [0.15, 0.2) is 23.0 Å². The van der Waals surface area contributed by atoms with Gasteiger partial charge in [0.25, 0.3) is 0 Å². The van der Waals surface area contributed by atoms with Crippen LogP contribution in [-0.2, 0) is 37.3 Å². The molecule has 2 aromatic rings. The second-order valence-electron chi connectivity index (χ2n) is 10.5. The minimum absolute atomic E-state index is 0.222. The molecule has 10 nitrogen and oxygen atoms in total. The summed E-state index contributed by atoms with van der Waals surface area (Å²) in [5, 5.41) is 5.43. The highest BCUT2D eigenvalue weighted by molar-refractivity contribution is 6.00. The summed E-state index contributed by atoms with van der Waals surface area (Å²) in [6.45, 7) is 7.92. The number of fused-ring (bicyclic) bond motifs is 1. The molecule has 0 aliphatic carbocycles. The van der Waals surface area contributed by atoms with Gasteiger partial charge in [0.1, 0.15) is 11.6 Å². The fourth-order valence-electron chi connectivity index (χ4n) is 4.45. The zero-order chi connectivity index (χ0) is 27.0. The lowest BCUT2D eigenvalue weighted by atomic mass is 10.0. The summed E-state index contributed by atoms with van der Waals surface area (Å²) < 4.78 is 14.0. The number of hydrogen-bond donors (Lipinski definition) is 2. The number of nitrogens with zero attached hydrogens (tertiary/aromatic N) is 2. The quantitative estimate of drug-likeness (QED) is 0.238.